The second-order valence-corrected chi connectivity index (χ2v) is 3.81. The van der Waals surface area contributed by atoms with Crippen molar-refractivity contribution in [1.82, 2.24) is 5.43 Å². The Morgan fingerprint density at radius 2 is 1.85 bits per heavy atom. The minimum absolute atomic E-state index is 0.299. The van der Waals surface area contributed by atoms with E-state index < -0.39 is 39.1 Å². The number of carbonyl (C=O) groups excluding carboxylic acids is 2. The van der Waals surface area contributed by atoms with Gasteiger partial charge in [-0.3, -0.25) is 35.2 Å². The molecule has 11 nitrogen and oxygen atoms in total. The van der Waals surface area contributed by atoms with Crippen molar-refractivity contribution < 1.29 is 19.4 Å². The third-order valence-corrected chi connectivity index (χ3v) is 2.60. The molecule has 0 radical (unpaired) electrons. The van der Waals surface area contributed by atoms with Gasteiger partial charge < -0.3 is 5.73 Å². The molecule has 0 bridgehead atoms. The average Bonchev–Trinajstić information content (AvgIpc) is 2.65. The van der Waals surface area contributed by atoms with Crippen LogP contribution in [0.4, 0.5) is 17.1 Å². The Hall–Kier alpha value is -3.08. The number of amides is 2. The highest BCUT2D eigenvalue weighted by molar-refractivity contribution is 6.18. The molecular weight excluding hydrogens is 274 g/mol. The van der Waals surface area contributed by atoms with E-state index in [0.717, 1.165) is 12.1 Å². The zero-order valence-corrected chi connectivity index (χ0v) is 9.68. The van der Waals surface area contributed by atoms with Gasteiger partial charge in [-0.25, -0.2) is 5.01 Å². The fourth-order valence-electron chi connectivity index (χ4n) is 1.63. The summed E-state index contributed by atoms with van der Waals surface area (Å²) in [5.41, 5.74) is 5.83. The van der Waals surface area contributed by atoms with E-state index in [9.17, 15) is 29.8 Å². The van der Waals surface area contributed by atoms with Gasteiger partial charge in [-0.15, -0.1) is 0 Å². The standard InChI is InChI=1S/C9H7N5O6/c10-7-8(15)11-12(9(7)16)5-2-1-4(13(17)18)3-6(5)14(19)20/h1-3,7H,10H2,(H,11,15). The van der Waals surface area contributed by atoms with E-state index in [1.165, 1.54) is 0 Å². The summed E-state index contributed by atoms with van der Waals surface area (Å²) in [6.07, 6.45) is 0. The Bertz CT molecular complexity index is 644. The second-order valence-electron chi connectivity index (χ2n) is 3.81. The van der Waals surface area contributed by atoms with Gasteiger partial charge in [-0.1, -0.05) is 0 Å². The largest absolute Gasteiger partial charge is 0.312 e. The molecule has 1 aromatic rings. The molecule has 3 N–H and O–H groups in total. The normalized spacial score (nSPS) is 18.1. The number of hydrazine groups is 1. The van der Waals surface area contributed by atoms with Gasteiger partial charge in [0.25, 0.3) is 17.5 Å². The van der Waals surface area contributed by atoms with Crippen molar-refractivity contribution in [1.29, 1.82) is 0 Å². The number of non-ortho nitro benzene ring substituents is 1. The molecule has 20 heavy (non-hydrogen) atoms. The van der Waals surface area contributed by atoms with Crippen LogP contribution in [0.5, 0.6) is 0 Å². The summed E-state index contributed by atoms with van der Waals surface area (Å²) >= 11 is 0. The monoisotopic (exact) mass is 281 g/mol. The summed E-state index contributed by atoms with van der Waals surface area (Å²) in [4.78, 5) is 42.7. The number of nitro groups is 2. The molecular formula is C9H7N5O6. The minimum Gasteiger partial charge on any atom is -0.312 e. The summed E-state index contributed by atoms with van der Waals surface area (Å²) in [6, 6.07) is 1.20. The maximum Gasteiger partial charge on any atom is 0.301 e. The molecule has 0 spiro atoms. The number of carbonyl (C=O) groups is 2. The number of nitrogens with two attached hydrogens (primary N) is 1. The first-order valence-electron chi connectivity index (χ1n) is 5.16. The third-order valence-electron chi connectivity index (χ3n) is 2.60. The first-order valence-corrected chi connectivity index (χ1v) is 5.16. The molecule has 0 saturated carbocycles. The first kappa shape index (κ1) is 13.4. The van der Waals surface area contributed by atoms with Crippen molar-refractivity contribution in [2.45, 2.75) is 6.04 Å². The van der Waals surface area contributed by atoms with Crippen LogP contribution >= 0.6 is 0 Å². The second kappa shape index (κ2) is 4.55. The molecule has 104 valence electrons. The Kier molecular flexibility index (Phi) is 3.04. The molecule has 2 amide bonds. The molecule has 1 heterocycles. The van der Waals surface area contributed by atoms with Gasteiger partial charge >= 0.3 is 5.69 Å². The van der Waals surface area contributed by atoms with Crippen LogP contribution in [0.15, 0.2) is 18.2 Å². The Labute approximate surface area is 110 Å². The molecule has 11 heteroatoms. The molecule has 0 aromatic heterocycles. The molecule has 1 aliphatic rings. The van der Waals surface area contributed by atoms with Crippen LogP contribution in [-0.4, -0.2) is 27.7 Å². The molecule has 1 aromatic carbocycles. The highest BCUT2D eigenvalue weighted by Gasteiger charge is 2.40. The fourth-order valence-corrected chi connectivity index (χ4v) is 1.63. The summed E-state index contributed by atoms with van der Waals surface area (Å²) < 4.78 is 0. The smallest absolute Gasteiger partial charge is 0.301 e. The average molecular weight is 281 g/mol. The van der Waals surface area contributed by atoms with E-state index in [1.54, 1.807) is 0 Å². The van der Waals surface area contributed by atoms with Crippen molar-refractivity contribution in [2.75, 3.05) is 5.01 Å². The Morgan fingerprint density at radius 1 is 1.20 bits per heavy atom. The van der Waals surface area contributed by atoms with Crippen molar-refractivity contribution in [2.24, 2.45) is 5.73 Å². The van der Waals surface area contributed by atoms with Crippen molar-refractivity contribution in [3.05, 3.63) is 38.4 Å². The Morgan fingerprint density at radius 3 is 2.30 bits per heavy atom. The number of anilines is 1. The van der Waals surface area contributed by atoms with E-state index in [1.807, 2.05) is 0 Å². The lowest BCUT2D eigenvalue weighted by Crippen LogP contribution is -2.37. The highest BCUT2D eigenvalue weighted by atomic mass is 16.6. The minimum atomic E-state index is -1.47. The van der Waals surface area contributed by atoms with Crippen molar-refractivity contribution >= 4 is 28.9 Å². The topological polar surface area (TPSA) is 162 Å². The van der Waals surface area contributed by atoms with Crippen molar-refractivity contribution in [3.63, 3.8) is 0 Å². The van der Waals surface area contributed by atoms with Crippen LogP contribution in [0.25, 0.3) is 0 Å². The van der Waals surface area contributed by atoms with E-state index in [4.69, 9.17) is 5.73 Å². The Balaban J connectivity index is 2.52. The van der Waals surface area contributed by atoms with Gasteiger partial charge in [0.05, 0.1) is 15.9 Å². The quantitative estimate of drug-likeness (QED) is 0.416. The molecule has 0 aliphatic carbocycles. The summed E-state index contributed by atoms with van der Waals surface area (Å²) in [5.74, 6) is -1.70. The lowest BCUT2D eigenvalue weighted by atomic mass is 10.2. The number of hydrogen-bond donors (Lipinski definition) is 2. The lowest BCUT2D eigenvalue weighted by molar-refractivity contribution is -0.393. The van der Waals surface area contributed by atoms with Crippen LogP contribution in [0.1, 0.15) is 0 Å². The number of nitrogens with one attached hydrogen (secondary N) is 1. The maximum absolute atomic E-state index is 11.7. The number of nitrogens with zero attached hydrogens (tertiary/aromatic N) is 3. The number of rotatable bonds is 3. The van der Waals surface area contributed by atoms with E-state index >= 15 is 0 Å². The summed E-state index contributed by atoms with van der Waals surface area (Å²) in [7, 11) is 0. The van der Waals surface area contributed by atoms with Crippen molar-refractivity contribution in [3.8, 4) is 0 Å². The molecule has 2 rings (SSSR count). The zero-order valence-electron chi connectivity index (χ0n) is 9.68. The maximum atomic E-state index is 11.7. The van der Waals surface area contributed by atoms with Crippen LogP contribution < -0.4 is 16.2 Å². The van der Waals surface area contributed by atoms with Gasteiger partial charge in [0.15, 0.2) is 6.04 Å². The number of benzene rings is 1. The van der Waals surface area contributed by atoms with Gasteiger partial charge in [-0.05, 0) is 6.07 Å². The number of nitro benzene ring substituents is 2. The van der Waals surface area contributed by atoms with Gasteiger partial charge in [0, 0.05) is 6.07 Å². The summed E-state index contributed by atoms with van der Waals surface area (Å²) in [6.45, 7) is 0. The summed E-state index contributed by atoms with van der Waals surface area (Å²) in [5, 5.41) is 22.1. The molecule has 1 fully saturated rings. The van der Waals surface area contributed by atoms with E-state index in [-0.39, 0.29) is 5.69 Å². The van der Waals surface area contributed by atoms with Gasteiger partial charge in [0.1, 0.15) is 5.69 Å². The van der Waals surface area contributed by atoms with Crippen LogP contribution in [0, 0.1) is 20.2 Å². The van der Waals surface area contributed by atoms with Crippen LogP contribution in [0.2, 0.25) is 0 Å². The van der Waals surface area contributed by atoms with Crippen LogP contribution in [0.3, 0.4) is 0 Å². The highest BCUT2D eigenvalue weighted by Crippen LogP contribution is 2.32. The molecule has 1 saturated heterocycles. The molecule has 1 aliphatic heterocycles. The lowest BCUT2D eigenvalue weighted by Gasteiger charge is -2.14. The van der Waals surface area contributed by atoms with E-state index in [0.29, 0.717) is 11.1 Å². The fraction of sp³-hybridized carbons (Fsp3) is 0.111. The number of hydrogen-bond acceptors (Lipinski definition) is 7. The third kappa shape index (κ3) is 2.01. The van der Waals surface area contributed by atoms with Gasteiger partial charge in [-0.2, -0.15) is 0 Å². The zero-order chi connectivity index (χ0) is 15.0. The SMILES string of the molecule is NC1C(=O)NN(c2ccc([N+](=O)[O-])cc2[N+](=O)[O-])C1=O. The van der Waals surface area contributed by atoms with Crippen LogP contribution in [-0.2, 0) is 9.59 Å². The van der Waals surface area contributed by atoms with E-state index in [2.05, 4.69) is 5.43 Å². The molecule has 1 unspecified atom stereocenters. The molecule has 1 atom stereocenters. The van der Waals surface area contributed by atoms with Gasteiger partial charge in [0.2, 0.25) is 0 Å². The first-order chi connectivity index (χ1) is 9.32. The predicted octanol–water partition coefficient (Wildman–Crippen LogP) is -0.792. The predicted molar refractivity (Wildman–Crippen MR) is 63.4 cm³/mol.